The van der Waals surface area contributed by atoms with E-state index in [1.807, 2.05) is 36.4 Å². The number of rotatable bonds is 8. The molecule has 1 aliphatic heterocycles. The molecule has 0 unspecified atom stereocenters. The summed E-state index contributed by atoms with van der Waals surface area (Å²) in [5.41, 5.74) is 4.60. The highest BCUT2D eigenvalue weighted by molar-refractivity contribution is 5.94. The van der Waals surface area contributed by atoms with Crippen LogP contribution in [0.25, 0.3) is 11.1 Å². The SMILES string of the molecule is O=C(O)COC1CN(C(=O)c2ncoc2CNC(=O)OCC2c3ccccc3-c3ccccc32)C1. The number of fused-ring (bicyclic) bond motifs is 3. The van der Waals surface area contributed by atoms with E-state index in [2.05, 4.69) is 22.4 Å². The largest absolute Gasteiger partial charge is 0.480 e. The number of oxazole rings is 1. The van der Waals surface area contributed by atoms with Crippen LogP contribution in [0.15, 0.2) is 59.3 Å². The fourth-order valence-electron chi connectivity index (χ4n) is 4.42. The minimum Gasteiger partial charge on any atom is -0.480 e. The number of hydrogen-bond acceptors (Lipinski definition) is 7. The fraction of sp³-hybridized carbons (Fsp3) is 0.280. The number of aliphatic carboxylic acids is 1. The molecule has 1 fully saturated rings. The van der Waals surface area contributed by atoms with Gasteiger partial charge in [-0.05, 0) is 22.3 Å². The molecule has 0 spiro atoms. The predicted octanol–water partition coefficient (Wildman–Crippen LogP) is 2.64. The van der Waals surface area contributed by atoms with E-state index < -0.39 is 18.7 Å². The lowest BCUT2D eigenvalue weighted by Gasteiger charge is -2.38. The quantitative estimate of drug-likeness (QED) is 0.506. The number of ether oxygens (including phenoxy) is 2. The Kier molecular flexibility index (Phi) is 6.19. The van der Waals surface area contributed by atoms with Crippen molar-refractivity contribution in [1.82, 2.24) is 15.2 Å². The van der Waals surface area contributed by atoms with Crippen molar-refractivity contribution in [2.45, 2.75) is 18.6 Å². The zero-order valence-corrected chi connectivity index (χ0v) is 18.7. The first kappa shape index (κ1) is 22.6. The van der Waals surface area contributed by atoms with Crippen molar-refractivity contribution in [3.8, 4) is 11.1 Å². The molecule has 2 aliphatic rings. The lowest BCUT2D eigenvalue weighted by Crippen LogP contribution is -2.55. The molecule has 10 nitrogen and oxygen atoms in total. The molecular weight excluding hydrogens is 454 g/mol. The predicted molar refractivity (Wildman–Crippen MR) is 122 cm³/mol. The summed E-state index contributed by atoms with van der Waals surface area (Å²) in [5, 5.41) is 11.3. The van der Waals surface area contributed by atoms with Gasteiger partial charge in [0.1, 0.15) is 13.2 Å². The molecule has 10 heteroatoms. The van der Waals surface area contributed by atoms with Gasteiger partial charge in [-0.25, -0.2) is 14.6 Å². The van der Waals surface area contributed by atoms with E-state index in [-0.39, 0.29) is 55.6 Å². The minimum atomic E-state index is -1.06. The Morgan fingerprint density at radius 3 is 2.37 bits per heavy atom. The van der Waals surface area contributed by atoms with Gasteiger partial charge in [-0.2, -0.15) is 0 Å². The summed E-state index contributed by atoms with van der Waals surface area (Å²) in [5.74, 6) is -1.29. The van der Waals surface area contributed by atoms with Crippen LogP contribution in [0.3, 0.4) is 0 Å². The van der Waals surface area contributed by atoms with Gasteiger partial charge in [-0.1, -0.05) is 48.5 Å². The van der Waals surface area contributed by atoms with Crippen molar-refractivity contribution in [3.63, 3.8) is 0 Å². The Labute approximate surface area is 200 Å². The topological polar surface area (TPSA) is 131 Å². The van der Waals surface area contributed by atoms with E-state index in [1.54, 1.807) is 0 Å². The van der Waals surface area contributed by atoms with E-state index in [0.29, 0.717) is 0 Å². The monoisotopic (exact) mass is 477 g/mol. The summed E-state index contributed by atoms with van der Waals surface area (Å²) in [6, 6.07) is 16.1. The van der Waals surface area contributed by atoms with Crippen LogP contribution < -0.4 is 5.32 Å². The van der Waals surface area contributed by atoms with Crippen molar-refractivity contribution in [2.75, 3.05) is 26.3 Å². The molecule has 2 amide bonds. The Hall–Kier alpha value is -4.18. The Morgan fingerprint density at radius 2 is 1.71 bits per heavy atom. The molecule has 2 N–H and O–H groups in total. The van der Waals surface area contributed by atoms with Crippen LogP contribution >= 0.6 is 0 Å². The van der Waals surface area contributed by atoms with Crippen LogP contribution in [0, 0.1) is 0 Å². The van der Waals surface area contributed by atoms with E-state index in [4.69, 9.17) is 19.0 Å². The van der Waals surface area contributed by atoms with E-state index in [0.717, 1.165) is 28.6 Å². The maximum Gasteiger partial charge on any atom is 0.407 e. The lowest BCUT2D eigenvalue weighted by atomic mass is 9.98. The smallest absolute Gasteiger partial charge is 0.407 e. The van der Waals surface area contributed by atoms with Gasteiger partial charge in [0.15, 0.2) is 17.8 Å². The summed E-state index contributed by atoms with van der Waals surface area (Å²) >= 11 is 0. The lowest BCUT2D eigenvalue weighted by molar-refractivity contribution is -0.147. The number of carboxylic acids is 1. The number of amides is 2. The normalized spacial score (nSPS) is 14.7. The van der Waals surface area contributed by atoms with E-state index in [1.165, 1.54) is 4.90 Å². The first-order valence-corrected chi connectivity index (χ1v) is 11.1. The van der Waals surface area contributed by atoms with Gasteiger partial charge in [0.05, 0.1) is 12.6 Å². The third kappa shape index (κ3) is 4.60. The number of nitrogens with one attached hydrogen (secondary N) is 1. The van der Waals surface area contributed by atoms with E-state index >= 15 is 0 Å². The summed E-state index contributed by atoms with van der Waals surface area (Å²) in [4.78, 5) is 41.1. The molecule has 1 aliphatic carbocycles. The van der Waals surface area contributed by atoms with Gasteiger partial charge >= 0.3 is 12.1 Å². The van der Waals surface area contributed by atoms with Crippen LogP contribution in [0.5, 0.6) is 0 Å². The molecule has 180 valence electrons. The summed E-state index contributed by atoms with van der Waals surface area (Å²) in [6.45, 7) is 0.223. The zero-order chi connectivity index (χ0) is 24.4. The minimum absolute atomic E-state index is 0.0572. The van der Waals surface area contributed by atoms with Crippen molar-refractivity contribution >= 4 is 18.0 Å². The van der Waals surface area contributed by atoms with Crippen LogP contribution in [0.2, 0.25) is 0 Å². The highest BCUT2D eigenvalue weighted by Gasteiger charge is 2.35. The second-order valence-corrected chi connectivity index (χ2v) is 8.34. The number of hydrogen-bond donors (Lipinski definition) is 2. The van der Waals surface area contributed by atoms with Gasteiger partial charge < -0.3 is 29.2 Å². The fourth-order valence-corrected chi connectivity index (χ4v) is 4.42. The molecule has 35 heavy (non-hydrogen) atoms. The number of likely N-dealkylation sites (tertiary alicyclic amines) is 1. The molecular formula is C25H23N3O7. The number of nitrogens with zero attached hydrogens (tertiary/aromatic N) is 2. The van der Waals surface area contributed by atoms with Crippen molar-refractivity contribution in [3.05, 3.63) is 77.5 Å². The van der Waals surface area contributed by atoms with Crippen LogP contribution in [-0.4, -0.2) is 65.4 Å². The molecule has 0 saturated carbocycles. The number of alkyl carbamates (subject to hydrolysis) is 1. The average Bonchev–Trinajstić information content (AvgIpc) is 3.43. The zero-order valence-electron chi connectivity index (χ0n) is 18.7. The molecule has 3 aromatic rings. The van der Waals surface area contributed by atoms with Gasteiger partial charge in [0, 0.05) is 19.0 Å². The Morgan fingerprint density at radius 1 is 1.06 bits per heavy atom. The molecule has 2 heterocycles. The second-order valence-electron chi connectivity index (χ2n) is 8.34. The van der Waals surface area contributed by atoms with Gasteiger partial charge in [0.2, 0.25) is 0 Å². The molecule has 5 rings (SSSR count). The highest BCUT2D eigenvalue weighted by atomic mass is 16.5. The summed E-state index contributed by atoms with van der Waals surface area (Å²) in [6.07, 6.45) is 0.178. The highest BCUT2D eigenvalue weighted by Crippen LogP contribution is 2.44. The van der Waals surface area contributed by atoms with Crippen molar-refractivity contribution < 1.29 is 33.4 Å². The second kappa shape index (κ2) is 9.59. The third-order valence-electron chi connectivity index (χ3n) is 6.16. The molecule has 1 saturated heterocycles. The Bertz CT molecular complexity index is 1220. The van der Waals surface area contributed by atoms with Crippen LogP contribution in [0.1, 0.15) is 33.3 Å². The molecule has 0 atom stereocenters. The molecule has 2 aromatic carbocycles. The number of carbonyl (C=O) groups is 3. The van der Waals surface area contributed by atoms with Gasteiger partial charge in [-0.15, -0.1) is 0 Å². The molecule has 1 aromatic heterocycles. The molecule has 0 radical (unpaired) electrons. The average molecular weight is 477 g/mol. The maximum absolute atomic E-state index is 12.7. The van der Waals surface area contributed by atoms with Crippen molar-refractivity contribution in [2.24, 2.45) is 0 Å². The number of carboxylic acid groups (broad SMARTS) is 1. The van der Waals surface area contributed by atoms with Crippen LogP contribution in [0.4, 0.5) is 4.79 Å². The standard InChI is InChI=1S/C25H23N3O7/c29-22(30)13-33-15-10-28(11-15)24(31)23-21(35-14-27-23)9-26-25(32)34-12-20-18-7-3-1-5-16(18)17-6-2-4-8-19(17)20/h1-8,14-15,20H,9-13H2,(H,26,32)(H,29,30). The summed E-state index contributed by atoms with van der Waals surface area (Å²) in [7, 11) is 0. The summed E-state index contributed by atoms with van der Waals surface area (Å²) < 4.78 is 15.9. The number of benzene rings is 2. The number of carbonyl (C=O) groups excluding carboxylic acids is 2. The third-order valence-corrected chi connectivity index (χ3v) is 6.16. The van der Waals surface area contributed by atoms with E-state index in [9.17, 15) is 14.4 Å². The van der Waals surface area contributed by atoms with Crippen molar-refractivity contribution in [1.29, 1.82) is 0 Å². The first-order valence-electron chi connectivity index (χ1n) is 11.1. The number of aromatic nitrogens is 1. The molecule has 0 bridgehead atoms. The van der Waals surface area contributed by atoms with Gasteiger partial charge in [0.25, 0.3) is 5.91 Å². The maximum atomic E-state index is 12.7. The van der Waals surface area contributed by atoms with Gasteiger partial charge in [-0.3, -0.25) is 4.79 Å². The van der Waals surface area contributed by atoms with Crippen LogP contribution in [-0.2, 0) is 20.8 Å². The first-order chi connectivity index (χ1) is 17.0. The Balaban J connectivity index is 1.14.